The Bertz CT molecular complexity index is 537. The number of hydrogen-bond acceptors (Lipinski definition) is 2. The molecule has 19 heavy (non-hydrogen) atoms. The highest BCUT2D eigenvalue weighted by atomic mass is 16.1. The molecule has 2 aromatic rings. The van der Waals surface area contributed by atoms with E-state index < -0.39 is 0 Å². The molecule has 0 bridgehead atoms. The van der Waals surface area contributed by atoms with Gasteiger partial charge >= 0.3 is 0 Å². The molecule has 1 fully saturated rings. The molecule has 0 unspecified atom stereocenters. The summed E-state index contributed by atoms with van der Waals surface area (Å²) in [5.41, 5.74) is 1.65. The van der Waals surface area contributed by atoms with Gasteiger partial charge in [-0.05, 0) is 38.1 Å². The molecule has 1 saturated heterocycles. The molecule has 4 heteroatoms. The fourth-order valence-electron chi connectivity index (χ4n) is 2.62. The van der Waals surface area contributed by atoms with Gasteiger partial charge in [0.15, 0.2) is 0 Å². The molecule has 2 heterocycles. The third kappa shape index (κ3) is 2.79. The van der Waals surface area contributed by atoms with Crippen LogP contribution < -0.4 is 5.32 Å². The molecule has 0 atom stereocenters. The number of benzene rings is 1. The van der Waals surface area contributed by atoms with Crippen molar-refractivity contribution in [2.45, 2.75) is 12.8 Å². The first-order valence-electron chi connectivity index (χ1n) is 6.91. The normalized spacial score (nSPS) is 16.0. The Balaban J connectivity index is 1.57. The van der Waals surface area contributed by atoms with E-state index in [2.05, 4.69) is 15.2 Å². The van der Waals surface area contributed by atoms with Gasteiger partial charge in [-0.3, -0.25) is 4.79 Å². The van der Waals surface area contributed by atoms with Gasteiger partial charge in [-0.15, -0.1) is 0 Å². The highest BCUT2D eigenvalue weighted by molar-refractivity contribution is 5.97. The van der Waals surface area contributed by atoms with Crippen LogP contribution in [0.1, 0.15) is 23.3 Å². The molecule has 0 spiro atoms. The molecule has 1 aliphatic rings. The lowest BCUT2D eigenvalue weighted by Crippen LogP contribution is -2.33. The number of amides is 1. The molecule has 2 N–H and O–H groups in total. The molecule has 0 saturated carbocycles. The smallest absolute Gasteiger partial charge is 0.267 e. The maximum atomic E-state index is 12.0. The van der Waals surface area contributed by atoms with Gasteiger partial charge in [-0.25, -0.2) is 0 Å². The number of aromatic amines is 1. The van der Waals surface area contributed by atoms with E-state index in [1.165, 1.54) is 25.9 Å². The van der Waals surface area contributed by atoms with Crippen LogP contribution in [0.3, 0.4) is 0 Å². The average Bonchev–Trinajstić information content (AvgIpc) is 3.07. The Morgan fingerprint density at radius 2 is 2.05 bits per heavy atom. The number of nitrogens with one attached hydrogen (secondary N) is 2. The molecule has 1 aliphatic heterocycles. The molecule has 1 aromatic heterocycles. The summed E-state index contributed by atoms with van der Waals surface area (Å²) in [5, 5.41) is 4.05. The van der Waals surface area contributed by atoms with Crippen molar-refractivity contribution in [3.63, 3.8) is 0 Å². The number of fused-ring (bicyclic) bond motifs is 1. The lowest BCUT2D eigenvalue weighted by Gasteiger charge is -2.14. The SMILES string of the molecule is O=C(NCCN1CCCC1)c1cc2ccccc2[nH]1. The van der Waals surface area contributed by atoms with Crippen LogP contribution >= 0.6 is 0 Å². The van der Waals surface area contributed by atoms with Crippen LogP contribution in [0.2, 0.25) is 0 Å². The van der Waals surface area contributed by atoms with Crippen LogP contribution in [-0.4, -0.2) is 42.0 Å². The van der Waals surface area contributed by atoms with Crippen molar-refractivity contribution in [3.8, 4) is 0 Å². The van der Waals surface area contributed by atoms with E-state index in [0.29, 0.717) is 12.2 Å². The van der Waals surface area contributed by atoms with Crippen LogP contribution in [0.25, 0.3) is 10.9 Å². The Labute approximate surface area is 112 Å². The van der Waals surface area contributed by atoms with E-state index in [-0.39, 0.29) is 5.91 Å². The molecular formula is C15H19N3O. The molecule has 1 aromatic carbocycles. The minimum atomic E-state index is -0.0182. The topological polar surface area (TPSA) is 48.1 Å². The van der Waals surface area contributed by atoms with Crippen molar-refractivity contribution in [2.24, 2.45) is 0 Å². The fourth-order valence-corrected chi connectivity index (χ4v) is 2.62. The van der Waals surface area contributed by atoms with Crippen LogP contribution in [0, 0.1) is 0 Å². The van der Waals surface area contributed by atoms with E-state index in [1.807, 2.05) is 30.3 Å². The standard InChI is InChI=1S/C15H19N3O/c19-15(16-7-10-18-8-3-4-9-18)14-11-12-5-1-2-6-13(12)17-14/h1-2,5-6,11,17H,3-4,7-10H2,(H,16,19). The van der Waals surface area contributed by atoms with Crippen molar-refractivity contribution >= 4 is 16.8 Å². The number of para-hydroxylation sites is 1. The summed E-state index contributed by atoms with van der Waals surface area (Å²) in [5.74, 6) is -0.0182. The third-order valence-corrected chi connectivity index (χ3v) is 3.69. The Hall–Kier alpha value is -1.81. The molecule has 3 rings (SSSR count). The summed E-state index contributed by atoms with van der Waals surface area (Å²) in [6, 6.07) is 9.84. The first kappa shape index (κ1) is 12.2. The zero-order valence-electron chi connectivity index (χ0n) is 11.0. The number of hydrogen-bond donors (Lipinski definition) is 2. The Kier molecular flexibility index (Phi) is 3.51. The quantitative estimate of drug-likeness (QED) is 0.880. The molecule has 1 amide bonds. The van der Waals surface area contributed by atoms with Crippen LogP contribution in [0.15, 0.2) is 30.3 Å². The van der Waals surface area contributed by atoms with Crippen LogP contribution in [0.4, 0.5) is 0 Å². The zero-order chi connectivity index (χ0) is 13.1. The van der Waals surface area contributed by atoms with Crippen molar-refractivity contribution < 1.29 is 4.79 Å². The largest absolute Gasteiger partial charge is 0.351 e. The first-order valence-corrected chi connectivity index (χ1v) is 6.91. The third-order valence-electron chi connectivity index (χ3n) is 3.69. The highest BCUT2D eigenvalue weighted by Gasteiger charge is 2.12. The lowest BCUT2D eigenvalue weighted by atomic mass is 10.2. The van der Waals surface area contributed by atoms with Gasteiger partial charge in [0.2, 0.25) is 0 Å². The van der Waals surface area contributed by atoms with Gasteiger partial charge in [0.25, 0.3) is 5.91 Å². The summed E-state index contributed by atoms with van der Waals surface area (Å²) >= 11 is 0. The Morgan fingerprint density at radius 3 is 2.84 bits per heavy atom. The van der Waals surface area contributed by atoms with Gasteiger partial charge in [0.05, 0.1) is 0 Å². The number of aromatic nitrogens is 1. The minimum absolute atomic E-state index is 0.0182. The minimum Gasteiger partial charge on any atom is -0.351 e. The van der Waals surface area contributed by atoms with Crippen LogP contribution in [0.5, 0.6) is 0 Å². The van der Waals surface area contributed by atoms with Crippen molar-refractivity contribution in [2.75, 3.05) is 26.2 Å². The summed E-state index contributed by atoms with van der Waals surface area (Å²) in [6.45, 7) is 4.00. The summed E-state index contributed by atoms with van der Waals surface area (Å²) in [7, 11) is 0. The monoisotopic (exact) mass is 257 g/mol. The maximum Gasteiger partial charge on any atom is 0.267 e. The van der Waals surface area contributed by atoms with Gasteiger partial charge in [-0.1, -0.05) is 18.2 Å². The van der Waals surface area contributed by atoms with Gasteiger partial charge in [0, 0.05) is 24.0 Å². The number of likely N-dealkylation sites (tertiary alicyclic amines) is 1. The fraction of sp³-hybridized carbons (Fsp3) is 0.400. The molecular weight excluding hydrogens is 238 g/mol. The first-order chi connectivity index (χ1) is 9.33. The van der Waals surface area contributed by atoms with Crippen molar-refractivity contribution in [1.82, 2.24) is 15.2 Å². The molecule has 0 radical (unpaired) electrons. The average molecular weight is 257 g/mol. The van der Waals surface area contributed by atoms with E-state index >= 15 is 0 Å². The predicted molar refractivity (Wildman–Crippen MR) is 76.3 cm³/mol. The highest BCUT2D eigenvalue weighted by Crippen LogP contribution is 2.14. The second-order valence-corrected chi connectivity index (χ2v) is 5.07. The van der Waals surface area contributed by atoms with Gasteiger partial charge in [0.1, 0.15) is 5.69 Å². The van der Waals surface area contributed by atoms with Crippen molar-refractivity contribution in [3.05, 3.63) is 36.0 Å². The number of rotatable bonds is 4. The van der Waals surface area contributed by atoms with E-state index in [4.69, 9.17) is 0 Å². The van der Waals surface area contributed by atoms with E-state index in [1.54, 1.807) is 0 Å². The van der Waals surface area contributed by atoms with E-state index in [9.17, 15) is 4.79 Å². The lowest BCUT2D eigenvalue weighted by molar-refractivity contribution is 0.0945. The van der Waals surface area contributed by atoms with Crippen LogP contribution in [-0.2, 0) is 0 Å². The summed E-state index contributed by atoms with van der Waals surface area (Å²) in [4.78, 5) is 17.6. The second-order valence-electron chi connectivity index (χ2n) is 5.07. The van der Waals surface area contributed by atoms with E-state index in [0.717, 1.165) is 17.4 Å². The van der Waals surface area contributed by atoms with Gasteiger partial charge in [-0.2, -0.15) is 0 Å². The van der Waals surface area contributed by atoms with Gasteiger partial charge < -0.3 is 15.2 Å². The molecule has 0 aliphatic carbocycles. The summed E-state index contributed by atoms with van der Waals surface area (Å²) < 4.78 is 0. The number of carbonyl (C=O) groups excluding carboxylic acids is 1. The Morgan fingerprint density at radius 1 is 1.26 bits per heavy atom. The second kappa shape index (κ2) is 5.45. The zero-order valence-corrected chi connectivity index (χ0v) is 11.0. The number of nitrogens with zero attached hydrogens (tertiary/aromatic N) is 1. The number of H-pyrrole nitrogens is 1. The maximum absolute atomic E-state index is 12.0. The summed E-state index contributed by atoms with van der Waals surface area (Å²) in [6.07, 6.45) is 2.58. The molecule has 100 valence electrons. The number of carbonyl (C=O) groups is 1. The molecule has 4 nitrogen and oxygen atoms in total. The predicted octanol–water partition coefficient (Wildman–Crippen LogP) is 1.99. The van der Waals surface area contributed by atoms with Crippen molar-refractivity contribution in [1.29, 1.82) is 0 Å².